The Kier molecular flexibility index (Phi) is 4.35. The highest BCUT2D eigenvalue weighted by atomic mass is 32.1. The Bertz CT molecular complexity index is 1190. The molecular weight excluding hydrogens is 382 g/mol. The van der Waals surface area contributed by atoms with Gasteiger partial charge in [0.1, 0.15) is 0 Å². The minimum absolute atomic E-state index is 0.0378. The van der Waals surface area contributed by atoms with Crippen LogP contribution in [-0.4, -0.2) is 32.2 Å². The molecule has 1 aliphatic rings. The van der Waals surface area contributed by atoms with Gasteiger partial charge in [-0.3, -0.25) is 9.69 Å². The van der Waals surface area contributed by atoms with Crippen LogP contribution in [-0.2, 0) is 0 Å². The first kappa shape index (κ1) is 18.2. The quantitative estimate of drug-likeness (QED) is 0.460. The van der Waals surface area contributed by atoms with Crippen LogP contribution in [0.25, 0.3) is 21.3 Å². The van der Waals surface area contributed by atoms with Crippen molar-refractivity contribution in [2.75, 3.05) is 11.4 Å². The average molecular weight is 406 g/mol. The fraction of sp³-hybridized carbons (Fsp3) is 0.364. The van der Waals surface area contributed by atoms with Gasteiger partial charge in [-0.2, -0.15) is 5.10 Å². The SMILES string of the molecule is CCN(C(=O)c1cc(C2CC2)nc2c1cnn2C(C)C)c1nc2ccccc2s1. The number of hydrogen-bond donors (Lipinski definition) is 0. The molecule has 0 N–H and O–H groups in total. The molecule has 0 aliphatic heterocycles. The number of pyridine rings is 1. The van der Waals surface area contributed by atoms with E-state index >= 15 is 0 Å². The second-order valence-corrected chi connectivity index (χ2v) is 8.81. The molecule has 0 radical (unpaired) electrons. The summed E-state index contributed by atoms with van der Waals surface area (Å²) in [5, 5.41) is 6.06. The third-order valence-electron chi connectivity index (χ3n) is 5.38. The van der Waals surface area contributed by atoms with Crippen LogP contribution in [0.15, 0.2) is 36.5 Å². The fourth-order valence-electron chi connectivity index (χ4n) is 3.67. The molecule has 1 aromatic carbocycles. The summed E-state index contributed by atoms with van der Waals surface area (Å²) in [6.45, 7) is 6.71. The van der Waals surface area contributed by atoms with Gasteiger partial charge in [-0.1, -0.05) is 23.5 Å². The van der Waals surface area contributed by atoms with E-state index in [1.165, 1.54) is 0 Å². The highest BCUT2D eigenvalue weighted by Gasteiger charge is 2.30. The van der Waals surface area contributed by atoms with Gasteiger partial charge < -0.3 is 0 Å². The normalized spacial score (nSPS) is 14.2. The smallest absolute Gasteiger partial charge is 0.260 e. The summed E-state index contributed by atoms with van der Waals surface area (Å²) < 4.78 is 2.99. The third-order valence-corrected chi connectivity index (χ3v) is 6.44. The van der Waals surface area contributed by atoms with E-state index in [1.54, 1.807) is 22.4 Å². The van der Waals surface area contributed by atoms with Gasteiger partial charge in [0.2, 0.25) is 0 Å². The van der Waals surface area contributed by atoms with Gasteiger partial charge in [0, 0.05) is 24.2 Å². The number of anilines is 1. The minimum atomic E-state index is -0.0378. The molecule has 0 saturated heterocycles. The number of hydrogen-bond acceptors (Lipinski definition) is 5. The maximum atomic E-state index is 13.7. The van der Waals surface area contributed by atoms with Gasteiger partial charge in [-0.05, 0) is 51.8 Å². The van der Waals surface area contributed by atoms with Crippen molar-refractivity contribution in [1.82, 2.24) is 19.7 Å². The summed E-state index contributed by atoms with van der Waals surface area (Å²) in [5.74, 6) is 0.420. The summed E-state index contributed by atoms with van der Waals surface area (Å²) in [5.41, 5.74) is 3.39. The van der Waals surface area contributed by atoms with Gasteiger partial charge in [0.25, 0.3) is 5.91 Å². The molecule has 4 aromatic rings. The number of amides is 1. The van der Waals surface area contributed by atoms with E-state index in [-0.39, 0.29) is 11.9 Å². The van der Waals surface area contributed by atoms with Gasteiger partial charge in [-0.25, -0.2) is 14.6 Å². The molecule has 5 rings (SSSR count). The van der Waals surface area contributed by atoms with Crippen molar-refractivity contribution >= 4 is 43.6 Å². The molecule has 0 bridgehead atoms. The highest BCUT2D eigenvalue weighted by molar-refractivity contribution is 7.22. The molecule has 0 unspecified atom stereocenters. The second-order valence-electron chi connectivity index (χ2n) is 7.80. The van der Waals surface area contributed by atoms with E-state index in [0.29, 0.717) is 18.0 Å². The van der Waals surface area contributed by atoms with Gasteiger partial charge in [0.05, 0.1) is 27.4 Å². The Balaban J connectivity index is 1.63. The number of carbonyl (C=O) groups is 1. The van der Waals surface area contributed by atoms with Gasteiger partial charge in [-0.15, -0.1) is 0 Å². The van der Waals surface area contributed by atoms with Crippen molar-refractivity contribution in [3.63, 3.8) is 0 Å². The number of thiazole rings is 1. The van der Waals surface area contributed by atoms with Crippen LogP contribution < -0.4 is 4.90 Å². The molecular formula is C22H23N5OS. The number of rotatable bonds is 5. The van der Waals surface area contributed by atoms with E-state index in [4.69, 9.17) is 9.97 Å². The maximum Gasteiger partial charge on any atom is 0.260 e. The van der Waals surface area contributed by atoms with Crippen molar-refractivity contribution in [3.8, 4) is 0 Å². The van der Waals surface area contributed by atoms with E-state index in [1.807, 2.05) is 41.9 Å². The number of benzene rings is 1. The fourth-order valence-corrected chi connectivity index (χ4v) is 4.69. The highest BCUT2D eigenvalue weighted by Crippen LogP contribution is 2.41. The monoisotopic (exact) mass is 405 g/mol. The summed E-state index contributed by atoms with van der Waals surface area (Å²) in [6.07, 6.45) is 4.05. The molecule has 148 valence electrons. The molecule has 1 aliphatic carbocycles. The molecule has 6 nitrogen and oxygen atoms in total. The van der Waals surface area contributed by atoms with Crippen molar-refractivity contribution in [3.05, 3.63) is 47.8 Å². The lowest BCUT2D eigenvalue weighted by atomic mass is 10.1. The lowest BCUT2D eigenvalue weighted by molar-refractivity contribution is 0.0989. The standard InChI is InChI=1S/C22H23N5OS/c1-4-26(22-25-17-7-5-6-8-19(17)29-22)21(28)15-11-18(14-9-10-14)24-20-16(15)12-23-27(20)13(2)3/h5-8,11-14H,4,9-10H2,1-3H3. The lowest BCUT2D eigenvalue weighted by Crippen LogP contribution is -2.30. The summed E-state index contributed by atoms with van der Waals surface area (Å²) >= 11 is 1.55. The Morgan fingerprint density at radius 1 is 1.28 bits per heavy atom. The molecule has 3 heterocycles. The van der Waals surface area contributed by atoms with Crippen LogP contribution in [0.5, 0.6) is 0 Å². The molecule has 0 atom stereocenters. The number of para-hydroxylation sites is 1. The van der Waals surface area contributed by atoms with Crippen LogP contribution in [0.4, 0.5) is 5.13 Å². The molecule has 1 amide bonds. The number of carbonyl (C=O) groups excluding carboxylic acids is 1. The van der Waals surface area contributed by atoms with Gasteiger partial charge >= 0.3 is 0 Å². The lowest BCUT2D eigenvalue weighted by Gasteiger charge is -2.19. The Labute approximate surface area is 173 Å². The molecule has 7 heteroatoms. The van der Waals surface area contributed by atoms with E-state index < -0.39 is 0 Å². The van der Waals surface area contributed by atoms with Crippen LogP contribution >= 0.6 is 11.3 Å². The zero-order valence-electron chi connectivity index (χ0n) is 16.8. The molecule has 1 fully saturated rings. The van der Waals surface area contributed by atoms with Crippen molar-refractivity contribution in [1.29, 1.82) is 0 Å². The van der Waals surface area contributed by atoms with Crippen molar-refractivity contribution in [2.45, 2.75) is 45.6 Å². The number of nitrogens with zero attached hydrogens (tertiary/aromatic N) is 5. The van der Waals surface area contributed by atoms with Crippen molar-refractivity contribution in [2.24, 2.45) is 0 Å². The largest absolute Gasteiger partial charge is 0.284 e. The first-order valence-electron chi connectivity index (χ1n) is 10.1. The van der Waals surface area contributed by atoms with E-state index in [9.17, 15) is 4.79 Å². The van der Waals surface area contributed by atoms with Crippen LogP contribution in [0, 0.1) is 0 Å². The van der Waals surface area contributed by atoms with E-state index in [2.05, 4.69) is 18.9 Å². The first-order valence-corrected chi connectivity index (χ1v) is 10.9. The maximum absolute atomic E-state index is 13.7. The summed E-state index contributed by atoms with van der Waals surface area (Å²) in [4.78, 5) is 25.0. The summed E-state index contributed by atoms with van der Waals surface area (Å²) in [7, 11) is 0. The van der Waals surface area contributed by atoms with Crippen LogP contribution in [0.3, 0.4) is 0 Å². The predicted octanol–water partition coefficient (Wildman–Crippen LogP) is 5.17. The Morgan fingerprint density at radius 3 is 2.76 bits per heavy atom. The minimum Gasteiger partial charge on any atom is -0.284 e. The molecule has 29 heavy (non-hydrogen) atoms. The topological polar surface area (TPSA) is 63.9 Å². The zero-order valence-corrected chi connectivity index (χ0v) is 17.6. The first-order chi connectivity index (χ1) is 14.1. The van der Waals surface area contributed by atoms with Crippen LogP contribution in [0.1, 0.15) is 61.6 Å². The second kappa shape index (κ2) is 6.91. The van der Waals surface area contributed by atoms with Gasteiger partial charge in [0.15, 0.2) is 10.8 Å². The Hall–Kier alpha value is -2.80. The third kappa shape index (κ3) is 3.09. The Morgan fingerprint density at radius 2 is 2.07 bits per heavy atom. The predicted molar refractivity (Wildman–Crippen MR) is 117 cm³/mol. The number of fused-ring (bicyclic) bond motifs is 2. The summed E-state index contributed by atoms with van der Waals surface area (Å²) in [6, 6.07) is 10.2. The zero-order chi connectivity index (χ0) is 20.1. The molecule has 0 spiro atoms. The molecule has 1 saturated carbocycles. The van der Waals surface area contributed by atoms with Crippen LogP contribution in [0.2, 0.25) is 0 Å². The molecule has 3 aromatic heterocycles. The average Bonchev–Trinajstić information content (AvgIpc) is 3.33. The number of aromatic nitrogens is 4. The van der Waals surface area contributed by atoms with Crippen molar-refractivity contribution < 1.29 is 4.79 Å². The van der Waals surface area contributed by atoms with E-state index in [0.717, 1.165) is 44.9 Å².